The van der Waals surface area contributed by atoms with Crippen molar-refractivity contribution in [2.24, 2.45) is 10.4 Å². The number of likely N-dealkylation sites (N-methyl/N-ethyl adjacent to an activating group) is 1. The van der Waals surface area contributed by atoms with E-state index >= 15 is 0 Å². The first-order chi connectivity index (χ1) is 14.5. The van der Waals surface area contributed by atoms with Crippen molar-refractivity contribution in [2.75, 3.05) is 20.1 Å². The summed E-state index contributed by atoms with van der Waals surface area (Å²) in [4.78, 5) is 26.4. The molecule has 0 radical (unpaired) electrons. The summed E-state index contributed by atoms with van der Waals surface area (Å²) >= 11 is 0. The largest absolute Gasteiger partial charge is 0.392 e. The second kappa shape index (κ2) is 15.5. The lowest BCUT2D eigenvalue weighted by Crippen LogP contribution is -2.15. The second-order valence-corrected chi connectivity index (χ2v) is 8.93. The fourth-order valence-electron chi connectivity index (χ4n) is 2.69. The van der Waals surface area contributed by atoms with Crippen molar-refractivity contribution in [1.82, 2.24) is 10.2 Å². The summed E-state index contributed by atoms with van der Waals surface area (Å²) in [6.45, 7) is 14.6. The normalized spacial score (nSPS) is 17.1. The van der Waals surface area contributed by atoms with Crippen molar-refractivity contribution in [3.63, 3.8) is 0 Å². The number of nitrogens with one attached hydrogen (secondary N) is 1. The molecule has 1 aromatic carbocycles. The van der Waals surface area contributed by atoms with Gasteiger partial charge in [-0.25, -0.2) is 0 Å². The number of benzene rings is 1. The van der Waals surface area contributed by atoms with Gasteiger partial charge in [0.15, 0.2) is 0 Å². The van der Waals surface area contributed by atoms with E-state index in [4.69, 9.17) is 5.11 Å². The highest BCUT2D eigenvalue weighted by Crippen LogP contribution is 2.19. The van der Waals surface area contributed by atoms with Gasteiger partial charge in [-0.15, -0.1) is 0 Å². The third-order valence-electron chi connectivity index (χ3n) is 4.70. The van der Waals surface area contributed by atoms with Crippen LogP contribution in [-0.2, 0) is 16.1 Å². The van der Waals surface area contributed by atoms with Gasteiger partial charge in [0, 0.05) is 38.0 Å². The van der Waals surface area contributed by atoms with Crippen LogP contribution in [0, 0.1) is 5.41 Å². The molecule has 31 heavy (non-hydrogen) atoms. The van der Waals surface area contributed by atoms with Crippen LogP contribution in [0.1, 0.15) is 65.5 Å². The molecule has 1 unspecified atom stereocenters. The number of amides is 1. The van der Waals surface area contributed by atoms with E-state index in [0.29, 0.717) is 19.4 Å². The zero-order chi connectivity index (χ0) is 23.9. The lowest BCUT2D eigenvalue weighted by molar-refractivity contribution is -0.110. The standard InChI is InChI=1S/C14H18N2O.C6H12O.C5H11NO/c1-4-16-12(3)11(2)14-7-5-13(6-8-14)9-15-10-17;1-6(2,3)4-5-7;1-6-3-2-5(7)4-6/h4-8,10H,9H2,1-3H3,(H,15,17);5H,4H2,1-3H3;5,7H,2-4H2,1H3/b12-11+,16-4?;;. The molecule has 1 aliphatic rings. The number of aliphatic imine (C=N–C) groups is 1. The molecular weight excluding hydrogens is 390 g/mol. The van der Waals surface area contributed by atoms with Gasteiger partial charge in [0.1, 0.15) is 6.29 Å². The first-order valence-electron chi connectivity index (χ1n) is 10.8. The van der Waals surface area contributed by atoms with E-state index in [1.54, 1.807) is 6.21 Å². The second-order valence-electron chi connectivity index (χ2n) is 8.93. The number of carbonyl (C=O) groups excluding carboxylic acids is 2. The third-order valence-corrected chi connectivity index (χ3v) is 4.70. The summed E-state index contributed by atoms with van der Waals surface area (Å²) < 4.78 is 0. The highest BCUT2D eigenvalue weighted by atomic mass is 16.3. The Hall–Kier alpha value is -2.31. The lowest BCUT2D eigenvalue weighted by Gasteiger charge is -2.11. The van der Waals surface area contributed by atoms with Crippen LogP contribution in [0.2, 0.25) is 0 Å². The van der Waals surface area contributed by atoms with Crippen molar-refractivity contribution in [3.05, 3.63) is 41.1 Å². The number of nitrogens with zero attached hydrogens (tertiary/aromatic N) is 2. The summed E-state index contributed by atoms with van der Waals surface area (Å²) in [7, 11) is 2.02. The van der Waals surface area contributed by atoms with Crippen molar-refractivity contribution in [3.8, 4) is 0 Å². The Morgan fingerprint density at radius 2 is 1.84 bits per heavy atom. The molecule has 1 fully saturated rings. The van der Waals surface area contributed by atoms with Gasteiger partial charge in [0.25, 0.3) is 0 Å². The predicted octanol–water partition coefficient (Wildman–Crippen LogP) is 4.08. The number of hydrogen-bond donors (Lipinski definition) is 2. The van der Waals surface area contributed by atoms with Crippen LogP contribution in [-0.4, -0.2) is 55.2 Å². The minimum atomic E-state index is -0.0509. The maximum Gasteiger partial charge on any atom is 0.207 e. The van der Waals surface area contributed by atoms with Gasteiger partial charge in [0.2, 0.25) is 6.41 Å². The zero-order valence-electron chi connectivity index (χ0n) is 20.3. The molecule has 0 spiro atoms. The topological polar surface area (TPSA) is 82.0 Å². The lowest BCUT2D eigenvalue weighted by atomic mass is 9.93. The van der Waals surface area contributed by atoms with Crippen LogP contribution in [0.4, 0.5) is 0 Å². The van der Waals surface area contributed by atoms with Crippen molar-refractivity contribution < 1.29 is 14.7 Å². The Labute approximate surface area is 188 Å². The Morgan fingerprint density at radius 3 is 2.16 bits per heavy atom. The molecule has 1 aliphatic heterocycles. The van der Waals surface area contributed by atoms with E-state index in [2.05, 4.69) is 22.1 Å². The van der Waals surface area contributed by atoms with Gasteiger partial charge in [-0.05, 0) is 56.4 Å². The summed E-state index contributed by atoms with van der Waals surface area (Å²) in [5.74, 6) is 0. The van der Waals surface area contributed by atoms with Crippen molar-refractivity contribution in [2.45, 2.75) is 67.0 Å². The highest BCUT2D eigenvalue weighted by molar-refractivity contribution is 5.69. The van der Waals surface area contributed by atoms with Crippen molar-refractivity contribution >= 4 is 24.5 Å². The highest BCUT2D eigenvalue weighted by Gasteiger charge is 2.15. The van der Waals surface area contributed by atoms with Crippen LogP contribution in [0.3, 0.4) is 0 Å². The zero-order valence-corrected chi connectivity index (χ0v) is 20.3. The van der Waals surface area contributed by atoms with Crippen LogP contribution in [0.15, 0.2) is 35.0 Å². The molecule has 0 bridgehead atoms. The average Bonchev–Trinajstić information content (AvgIpc) is 3.09. The van der Waals surface area contributed by atoms with E-state index in [0.717, 1.165) is 48.2 Å². The summed E-state index contributed by atoms with van der Waals surface area (Å²) in [6.07, 6.45) is 5.02. The fourth-order valence-corrected chi connectivity index (χ4v) is 2.69. The van der Waals surface area contributed by atoms with E-state index in [-0.39, 0.29) is 11.5 Å². The monoisotopic (exact) mass is 431 g/mol. The maximum absolute atomic E-state index is 10.2. The van der Waals surface area contributed by atoms with Gasteiger partial charge in [-0.1, -0.05) is 45.0 Å². The predicted molar refractivity (Wildman–Crippen MR) is 130 cm³/mol. The number of rotatable bonds is 6. The summed E-state index contributed by atoms with van der Waals surface area (Å²) in [5, 5.41) is 11.5. The number of allylic oxidation sites excluding steroid dienone is 2. The van der Waals surface area contributed by atoms with Crippen molar-refractivity contribution in [1.29, 1.82) is 0 Å². The molecule has 1 aromatic rings. The van der Waals surface area contributed by atoms with Gasteiger partial charge in [-0.3, -0.25) is 9.79 Å². The molecule has 1 atom stereocenters. The molecule has 1 amide bonds. The third kappa shape index (κ3) is 14.3. The smallest absolute Gasteiger partial charge is 0.207 e. The molecular formula is C25H41N3O3. The molecule has 2 rings (SSSR count). The van der Waals surface area contributed by atoms with Gasteiger partial charge in [0.05, 0.1) is 6.10 Å². The molecule has 1 saturated heterocycles. The first kappa shape index (κ1) is 28.7. The molecule has 0 aromatic heterocycles. The molecule has 0 aliphatic carbocycles. The Bertz CT molecular complexity index is 696. The Balaban J connectivity index is 0.000000527. The van der Waals surface area contributed by atoms with E-state index < -0.39 is 0 Å². The number of hydrogen-bond acceptors (Lipinski definition) is 5. The number of likely N-dealkylation sites (tertiary alicyclic amines) is 1. The summed E-state index contributed by atoms with van der Waals surface area (Å²) in [6, 6.07) is 8.12. The van der Waals surface area contributed by atoms with E-state index in [1.807, 2.05) is 65.9 Å². The molecule has 1 heterocycles. The Kier molecular flexibility index (Phi) is 14.3. The maximum atomic E-state index is 10.2. The first-order valence-corrected chi connectivity index (χ1v) is 10.8. The van der Waals surface area contributed by atoms with Crippen LogP contribution in [0.25, 0.3) is 5.57 Å². The van der Waals surface area contributed by atoms with Crippen LogP contribution in [0.5, 0.6) is 0 Å². The molecule has 174 valence electrons. The number of β-amino-alcohol motifs (C(OH)–C–C–N with tert-alkyl or cyclic N) is 1. The van der Waals surface area contributed by atoms with Gasteiger partial charge in [-0.2, -0.15) is 0 Å². The number of carbonyl (C=O) groups is 2. The van der Waals surface area contributed by atoms with E-state index in [1.165, 1.54) is 0 Å². The SMILES string of the molecule is CC(C)(C)CC=O.CC=N/C(C)=C(\C)c1ccc(CNC=O)cc1.CN1CCC(O)C1. The number of aldehydes is 1. The number of aliphatic hydroxyl groups excluding tert-OH is 1. The minimum Gasteiger partial charge on any atom is -0.392 e. The number of aliphatic hydroxyl groups is 1. The molecule has 2 N–H and O–H groups in total. The van der Waals surface area contributed by atoms with Gasteiger partial charge >= 0.3 is 0 Å². The molecule has 6 nitrogen and oxygen atoms in total. The van der Waals surface area contributed by atoms with Crippen LogP contribution < -0.4 is 5.32 Å². The average molecular weight is 432 g/mol. The minimum absolute atomic E-state index is 0.0509. The van der Waals surface area contributed by atoms with Gasteiger partial charge < -0.3 is 20.1 Å². The van der Waals surface area contributed by atoms with E-state index in [9.17, 15) is 9.59 Å². The molecule has 0 saturated carbocycles. The summed E-state index contributed by atoms with van der Waals surface area (Å²) in [5.41, 5.74) is 4.61. The van der Waals surface area contributed by atoms with Crippen LogP contribution >= 0.6 is 0 Å². The molecule has 6 heteroatoms. The fraction of sp³-hybridized carbons (Fsp3) is 0.560. The Morgan fingerprint density at radius 1 is 1.23 bits per heavy atom. The quantitative estimate of drug-likeness (QED) is 0.525.